The summed E-state index contributed by atoms with van der Waals surface area (Å²) >= 11 is 0. The van der Waals surface area contributed by atoms with Gasteiger partial charge in [-0.25, -0.2) is 0 Å². The van der Waals surface area contributed by atoms with Gasteiger partial charge in [-0.3, -0.25) is 14.4 Å². The zero-order valence-electron chi connectivity index (χ0n) is 16.0. The molecule has 0 saturated carbocycles. The Morgan fingerprint density at radius 3 is 2.57 bits per heavy atom. The maximum absolute atomic E-state index is 12.4. The van der Waals surface area contributed by atoms with E-state index in [4.69, 9.17) is 10.5 Å². The number of nitrogens with zero attached hydrogens (tertiary/aromatic N) is 1. The molecule has 0 spiro atoms. The molecule has 2 unspecified atom stereocenters. The van der Waals surface area contributed by atoms with Crippen LogP contribution < -0.4 is 11.1 Å². The molecule has 3 rings (SSSR count). The fourth-order valence-corrected chi connectivity index (χ4v) is 3.36. The van der Waals surface area contributed by atoms with Gasteiger partial charge >= 0.3 is 5.97 Å². The number of carbonyl (C=O) groups is 3. The van der Waals surface area contributed by atoms with Gasteiger partial charge in [-0.2, -0.15) is 0 Å². The third kappa shape index (κ3) is 4.07. The van der Waals surface area contributed by atoms with Crippen LogP contribution in [0.15, 0.2) is 35.5 Å². The molecule has 4 N–H and O–H groups in total. The molecule has 0 bridgehead atoms. The first-order chi connectivity index (χ1) is 13.3. The van der Waals surface area contributed by atoms with Gasteiger partial charge in [0.25, 0.3) is 5.91 Å². The lowest BCUT2D eigenvalue weighted by Crippen LogP contribution is -2.43. The number of nitrogens with one attached hydrogen (secondary N) is 1. The van der Waals surface area contributed by atoms with Crippen LogP contribution in [-0.2, 0) is 25.5 Å². The van der Waals surface area contributed by atoms with E-state index in [1.807, 2.05) is 13.8 Å². The van der Waals surface area contributed by atoms with Gasteiger partial charge in [0.05, 0.1) is 18.7 Å². The monoisotopic (exact) mass is 387 g/mol. The molecule has 8 nitrogen and oxygen atoms in total. The van der Waals surface area contributed by atoms with Crippen molar-refractivity contribution in [3.63, 3.8) is 0 Å². The number of ether oxygens (including phenoxy) is 1. The highest BCUT2D eigenvalue weighted by molar-refractivity contribution is 6.03. The van der Waals surface area contributed by atoms with Gasteiger partial charge in [0.2, 0.25) is 5.91 Å². The van der Waals surface area contributed by atoms with Gasteiger partial charge in [-0.05, 0) is 37.0 Å². The van der Waals surface area contributed by atoms with E-state index in [2.05, 4.69) is 5.32 Å². The van der Waals surface area contributed by atoms with Crippen molar-refractivity contribution in [2.75, 3.05) is 19.8 Å². The van der Waals surface area contributed by atoms with Gasteiger partial charge < -0.3 is 25.8 Å². The van der Waals surface area contributed by atoms with Crippen molar-refractivity contribution < 1.29 is 24.2 Å². The molecule has 1 saturated heterocycles. The molecule has 0 aromatic heterocycles. The largest absolute Gasteiger partial charge is 0.481 e. The predicted molar refractivity (Wildman–Crippen MR) is 101 cm³/mol. The molecular formula is C20H25N3O5. The molecule has 8 heteroatoms. The van der Waals surface area contributed by atoms with Crippen molar-refractivity contribution in [2.24, 2.45) is 5.73 Å². The number of aliphatic carboxylic acids is 1. The summed E-state index contributed by atoms with van der Waals surface area (Å²) in [4.78, 5) is 37.5. The van der Waals surface area contributed by atoms with Crippen LogP contribution in [0.3, 0.4) is 0 Å². The molecule has 0 radical (unpaired) electrons. The normalized spacial score (nSPS) is 20.0. The second-order valence-corrected chi connectivity index (χ2v) is 7.12. The number of hydrogen-bond acceptors (Lipinski definition) is 5. The first kappa shape index (κ1) is 20.0. The van der Waals surface area contributed by atoms with Crippen LogP contribution in [-0.4, -0.2) is 59.6 Å². The van der Waals surface area contributed by atoms with Crippen LogP contribution in [0.2, 0.25) is 0 Å². The lowest BCUT2D eigenvalue weighted by atomic mass is 9.97. The molecule has 2 amide bonds. The number of fused-ring (bicyclic) bond motifs is 1. The van der Waals surface area contributed by atoms with Crippen molar-refractivity contribution in [3.05, 3.63) is 46.7 Å². The molecule has 0 aliphatic carbocycles. The summed E-state index contributed by atoms with van der Waals surface area (Å²) in [5, 5.41) is 12.0. The highest BCUT2D eigenvalue weighted by Gasteiger charge is 2.49. The number of carboxylic acid groups (broad SMARTS) is 1. The number of carboxylic acids is 1. The topological polar surface area (TPSA) is 122 Å². The molecule has 3 atom stereocenters. The molecule has 2 aliphatic heterocycles. The van der Waals surface area contributed by atoms with E-state index in [0.29, 0.717) is 17.9 Å². The van der Waals surface area contributed by atoms with E-state index in [1.165, 1.54) is 0 Å². The average Bonchev–Trinajstić information content (AvgIpc) is 3.42. The van der Waals surface area contributed by atoms with Gasteiger partial charge in [0, 0.05) is 13.2 Å². The lowest BCUT2D eigenvalue weighted by molar-refractivity contribution is -0.140. The maximum atomic E-state index is 12.4. The summed E-state index contributed by atoms with van der Waals surface area (Å²) in [6.07, 6.45) is 0.281. The van der Waals surface area contributed by atoms with Gasteiger partial charge in [0.1, 0.15) is 11.6 Å². The van der Waals surface area contributed by atoms with Crippen LogP contribution in [0, 0.1) is 0 Å². The van der Waals surface area contributed by atoms with Crippen molar-refractivity contribution in [1.82, 2.24) is 10.2 Å². The molecule has 1 aromatic rings. The third-order valence-corrected chi connectivity index (χ3v) is 5.19. The Morgan fingerprint density at radius 2 is 2.04 bits per heavy atom. The molecule has 2 heterocycles. The van der Waals surface area contributed by atoms with E-state index in [-0.39, 0.29) is 25.0 Å². The summed E-state index contributed by atoms with van der Waals surface area (Å²) in [6, 6.07) is 6.26. The Hall–Kier alpha value is -2.71. The smallest absolute Gasteiger partial charge is 0.313 e. The zero-order valence-corrected chi connectivity index (χ0v) is 16.0. The molecule has 150 valence electrons. The Kier molecular flexibility index (Phi) is 5.81. The van der Waals surface area contributed by atoms with Crippen molar-refractivity contribution >= 4 is 17.8 Å². The van der Waals surface area contributed by atoms with Crippen LogP contribution in [0.25, 0.3) is 0 Å². The summed E-state index contributed by atoms with van der Waals surface area (Å²) in [7, 11) is 0. The highest BCUT2D eigenvalue weighted by Crippen LogP contribution is 2.35. The van der Waals surface area contributed by atoms with E-state index in [9.17, 15) is 19.5 Å². The van der Waals surface area contributed by atoms with Crippen LogP contribution in [0.4, 0.5) is 0 Å². The first-order valence-corrected chi connectivity index (χ1v) is 9.31. The van der Waals surface area contributed by atoms with E-state index >= 15 is 0 Å². The van der Waals surface area contributed by atoms with Crippen molar-refractivity contribution in [2.45, 2.75) is 38.3 Å². The number of rotatable bonds is 9. The summed E-state index contributed by atoms with van der Waals surface area (Å²) < 4.78 is 5.24. The lowest BCUT2D eigenvalue weighted by Gasteiger charge is -2.15. The third-order valence-electron chi connectivity index (χ3n) is 5.19. The van der Waals surface area contributed by atoms with Gasteiger partial charge in [-0.1, -0.05) is 24.3 Å². The van der Waals surface area contributed by atoms with Crippen molar-refractivity contribution in [1.29, 1.82) is 0 Å². The summed E-state index contributed by atoms with van der Waals surface area (Å²) in [6.45, 7) is 4.93. The van der Waals surface area contributed by atoms with Crippen LogP contribution in [0.1, 0.15) is 30.9 Å². The van der Waals surface area contributed by atoms with E-state index < -0.39 is 23.8 Å². The summed E-state index contributed by atoms with van der Waals surface area (Å²) in [5.41, 5.74) is 8.66. The van der Waals surface area contributed by atoms with Gasteiger partial charge in [-0.15, -0.1) is 0 Å². The fourth-order valence-electron chi connectivity index (χ4n) is 3.36. The predicted octanol–water partition coefficient (Wildman–Crippen LogP) is 0.376. The van der Waals surface area contributed by atoms with E-state index in [1.54, 1.807) is 29.2 Å². The van der Waals surface area contributed by atoms with Gasteiger partial charge in [0.15, 0.2) is 0 Å². The SMILES string of the molecule is CCOCC(C(=O)O)c1ccc(C[C@H](N)C(=O)NC2=C(C)C3CN3C2=O)cc1. The Balaban J connectivity index is 1.59. The Labute approximate surface area is 163 Å². The Morgan fingerprint density at radius 1 is 1.36 bits per heavy atom. The number of benzene rings is 1. The molecule has 2 aliphatic rings. The highest BCUT2D eigenvalue weighted by atomic mass is 16.5. The second kappa shape index (κ2) is 8.12. The molecular weight excluding hydrogens is 362 g/mol. The minimum Gasteiger partial charge on any atom is -0.481 e. The first-order valence-electron chi connectivity index (χ1n) is 9.31. The molecule has 1 aromatic carbocycles. The maximum Gasteiger partial charge on any atom is 0.313 e. The van der Waals surface area contributed by atoms with Crippen molar-refractivity contribution in [3.8, 4) is 0 Å². The van der Waals surface area contributed by atoms with E-state index in [0.717, 1.165) is 17.7 Å². The number of nitrogens with two attached hydrogens (primary N) is 1. The standard InChI is InChI=1S/C20H25N3O5/c1-3-28-10-14(20(26)27)13-6-4-12(5-7-13)8-15(21)18(24)22-17-11(2)16-9-23(16)19(17)25/h4-7,14-16H,3,8-10,21H2,1-2H3,(H,22,24)(H,26,27)/t14?,15-,16?,23?/m0/s1. The number of hydrogen-bond donors (Lipinski definition) is 3. The quantitative estimate of drug-likeness (QED) is 0.527. The number of amides is 2. The number of carbonyl (C=O) groups excluding carboxylic acids is 2. The van der Waals surface area contributed by atoms with Crippen LogP contribution in [0.5, 0.6) is 0 Å². The van der Waals surface area contributed by atoms with Crippen LogP contribution >= 0.6 is 0 Å². The minimum atomic E-state index is -0.948. The second-order valence-electron chi connectivity index (χ2n) is 7.12. The Bertz CT molecular complexity index is 818. The molecule has 1 fully saturated rings. The summed E-state index contributed by atoms with van der Waals surface area (Å²) in [5.74, 6) is -2.25. The average molecular weight is 387 g/mol. The zero-order chi connectivity index (χ0) is 20.4. The molecule has 28 heavy (non-hydrogen) atoms. The fraction of sp³-hybridized carbons (Fsp3) is 0.450. The minimum absolute atomic E-state index is 0.105.